The first-order chi connectivity index (χ1) is 9.90. The molecule has 0 heterocycles. The van der Waals surface area contributed by atoms with Gasteiger partial charge in [0.1, 0.15) is 5.82 Å². The van der Waals surface area contributed by atoms with Crippen LogP contribution in [0.1, 0.15) is 32.6 Å². The summed E-state index contributed by atoms with van der Waals surface area (Å²) in [5.74, 6) is -0.773. The molecule has 0 amide bonds. The van der Waals surface area contributed by atoms with Gasteiger partial charge in [0, 0.05) is 11.1 Å². The van der Waals surface area contributed by atoms with E-state index in [2.05, 4.69) is 0 Å². The second kappa shape index (κ2) is 5.68. The van der Waals surface area contributed by atoms with Gasteiger partial charge in [-0.1, -0.05) is 18.2 Å². The Morgan fingerprint density at radius 3 is 2.10 bits per heavy atom. The third-order valence-electron chi connectivity index (χ3n) is 4.22. The first-order valence-electron chi connectivity index (χ1n) is 6.83. The molecule has 2 nitrogen and oxygen atoms in total. The maximum Gasteiger partial charge on any atom is 0.338 e. The third-order valence-corrected chi connectivity index (χ3v) is 4.22. The first-order valence-corrected chi connectivity index (χ1v) is 6.83. The smallest absolute Gasteiger partial charge is 0.338 e. The second-order valence-electron chi connectivity index (χ2n) is 5.22. The second-order valence-corrected chi connectivity index (χ2v) is 5.22. The van der Waals surface area contributed by atoms with E-state index in [9.17, 15) is 9.18 Å². The monoisotopic (exact) mass is 286 g/mol. The number of carbonyl (C=O) groups excluding carboxylic acids is 1. The van der Waals surface area contributed by atoms with Crippen molar-refractivity contribution in [1.29, 1.82) is 0 Å². The Labute approximate surface area is 124 Å². The van der Waals surface area contributed by atoms with Crippen molar-refractivity contribution in [3.8, 4) is 11.1 Å². The predicted molar refractivity (Wildman–Crippen MR) is 82.1 cm³/mol. The van der Waals surface area contributed by atoms with E-state index in [1.165, 1.54) is 13.2 Å². The first kappa shape index (κ1) is 15.2. The van der Waals surface area contributed by atoms with Crippen LogP contribution < -0.4 is 0 Å². The number of ether oxygens (including phenoxy) is 1. The summed E-state index contributed by atoms with van der Waals surface area (Å²) in [6.45, 7) is 7.74. The van der Waals surface area contributed by atoms with Crippen LogP contribution in [-0.4, -0.2) is 13.1 Å². The molecule has 0 aliphatic carbocycles. The van der Waals surface area contributed by atoms with Gasteiger partial charge in [0.05, 0.1) is 12.7 Å². The number of halogens is 1. The van der Waals surface area contributed by atoms with Crippen LogP contribution in [0, 0.1) is 33.5 Å². The van der Waals surface area contributed by atoms with Crippen LogP contribution in [-0.2, 0) is 4.74 Å². The number of rotatable bonds is 2. The number of esters is 1. The highest BCUT2D eigenvalue weighted by molar-refractivity contribution is 6.00. The van der Waals surface area contributed by atoms with Gasteiger partial charge >= 0.3 is 5.97 Å². The molecular weight excluding hydrogens is 267 g/mol. The van der Waals surface area contributed by atoms with Crippen LogP contribution in [0.3, 0.4) is 0 Å². The van der Waals surface area contributed by atoms with Crippen molar-refractivity contribution in [2.45, 2.75) is 27.7 Å². The zero-order chi connectivity index (χ0) is 15.7. The van der Waals surface area contributed by atoms with Crippen molar-refractivity contribution in [2.75, 3.05) is 7.11 Å². The SMILES string of the molecule is COC(=O)c1c(C)c(C)c(C)c(C)c1-c1ccccc1F. The maximum absolute atomic E-state index is 14.2. The highest BCUT2D eigenvalue weighted by atomic mass is 19.1. The molecule has 0 saturated carbocycles. The lowest BCUT2D eigenvalue weighted by Crippen LogP contribution is -2.11. The Bertz CT molecular complexity index is 718. The number of hydrogen-bond acceptors (Lipinski definition) is 2. The van der Waals surface area contributed by atoms with Crippen molar-refractivity contribution < 1.29 is 13.9 Å². The number of hydrogen-bond donors (Lipinski definition) is 0. The molecular formula is C18H19FO2. The zero-order valence-electron chi connectivity index (χ0n) is 13.0. The van der Waals surface area contributed by atoms with Gasteiger partial charge in [-0.05, 0) is 56.0 Å². The molecule has 3 heteroatoms. The molecule has 21 heavy (non-hydrogen) atoms. The lowest BCUT2D eigenvalue weighted by atomic mass is 9.85. The van der Waals surface area contributed by atoms with Gasteiger partial charge < -0.3 is 4.74 Å². The Morgan fingerprint density at radius 1 is 0.952 bits per heavy atom. The Kier molecular flexibility index (Phi) is 4.12. The van der Waals surface area contributed by atoms with Crippen LogP contribution in [0.2, 0.25) is 0 Å². The third kappa shape index (κ3) is 2.44. The van der Waals surface area contributed by atoms with Gasteiger partial charge in [0.2, 0.25) is 0 Å². The van der Waals surface area contributed by atoms with Crippen molar-refractivity contribution in [3.63, 3.8) is 0 Å². The van der Waals surface area contributed by atoms with Gasteiger partial charge in [0.15, 0.2) is 0 Å². The molecule has 0 bridgehead atoms. The molecule has 0 unspecified atom stereocenters. The van der Waals surface area contributed by atoms with Crippen molar-refractivity contribution >= 4 is 5.97 Å². The summed E-state index contributed by atoms with van der Waals surface area (Å²) < 4.78 is 19.1. The van der Waals surface area contributed by atoms with Crippen LogP contribution in [0.25, 0.3) is 11.1 Å². The summed E-state index contributed by atoms with van der Waals surface area (Å²) in [6.07, 6.45) is 0. The van der Waals surface area contributed by atoms with Gasteiger partial charge in [0.25, 0.3) is 0 Å². The molecule has 2 rings (SSSR count). The van der Waals surface area contributed by atoms with Gasteiger partial charge in [-0.25, -0.2) is 9.18 Å². The quantitative estimate of drug-likeness (QED) is 0.759. The average Bonchev–Trinajstić information content (AvgIpc) is 2.49. The van der Waals surface area contributed by atoms with Crippen molar-refractivity contribution in [1.82, 2.24) is 0 Å². The zero-order valence-corrected chi connectivity index (χ0v) is 13.0. The summed E-state index contributed by atoms with van der Waals surface area (Å²) in [4.78, 5) is 12.2. The summed E-state index contributed by atoms with van der Waals surface area (Å²) >= 11 is 0. The average molecular weight is 286 g/mol. The summed E-state index contributed by atoms with van der Waals surface area (Å²) in [5, 5.41) is 0. The van der Waals surface area contributed by atoms with Gasteiger partial charge in [-0.3, -0.25) is 0 Å². The summed E-state index contributed by atoms with van der Waals surface area (Å²) in [7, 11) is 1.34. The Hall–Kier alpha value is -2.16. The predicted octanol–water partition coefficient (Wildman–Crippen LogP) is 4.51. The summed E-state index contributed by atoms with van der Waals surface area (Å²) in [6, 6.07) is 6.50. The number of methoxy groups -OCH3 is 1. The molecule has 0 aromatic heterocycles. The minimum Gasteiger partial charge on any atom is -0.465 e. The standard InChI is InChI=1S/C18H19FO2/c1-10-11(2)13(4)17(18(20)21-5)16(12(10)3)14-8-6-7-9-15(14)19/h6-9H,1-5H3. The van der Waals surface area contributed by atoms with Crippen LogP contribution in [0.5, 0.6) is 0 Å². The molecule has 110 valence electrons. The maximum atomic E-state index is 14.2. The normalized spacial score (nSPS) is 10.6. The van der Waals surface area contributed by atoms with Crippen molar-refractivity contribution in [2.24, 2.45) is 0 Å². The molecule has 0 aliphatic rings. The van der Waals surface area contributed by atoms with Crippen molar-refractivity contribution in [3.05, 3.63) is 57.9 Å². The molecule has 0 fully saturated rings. The summed E-state index contributed by atoms with van der Waals surface area (Å²) in [5.41, 5.74) is 5.35. The molecule has 2 aromatic carbocycles. The van der Waals surface area contributed by atoms with E-state index in [1.54, 1.807) is 18.2 Å². The molecule has 0 saturated heterocycles. The van der Waals surface area contributed by atoms with Crippen LogP contribution in [0.15, 0.2) is 24.3 Å². The van der Waals surface area contributed by atoms with E-state index in [4.69, 9.17) is 4.74 Å². The highest BCUT2D eigenvalue weighted by Gasteiger charge is 2.23. The Morgan fingerprint density at radius 2 is 1.52 bits per heavy atom. The molecule has 0 aliphatic heterocycles. The number of benzene rings is 2. The van der Waals surface area contributed by atoms with E-state index in [0.29, 0.717) is 16.7 Å². The van der Waals surface area contributed by atoms with E-state index in [1.807, 2.05) is 27.7 Å². The molecule has 0 atom stereocenters. The fraction of sp³-hybridized carbons (Fsp3) is 0.278. The van der Waals surface area contributed by atoms with Gasteiger partial charge in [-0.2, -0.15) is 0 Å². The van der Waals surface area contributed by atoms with E-state index in [-0.39, 0.29) is 5.82 Å². The molecule has 0 spiro atoms. The largest absolute Gasteiger partial charge is 0.465 e. The number of carbonyl (C=O) groups is 1. The van der Waals surface area contributed by atoms with Gasteiger partial charge in [-0.15, -0.1) is 0 Å². The minimum atomic E-state index is -0.433. The fourth-order valence-electron chi connectivity index (χ4n) is 2.67. The highest BCUT2D eigenvalue weighted by Crippen LogP contribution is 2.36. The molecule has 0 N–H and O–H groups in total. The fourth-order valence-corrected chi connectivity index (χ4v) is 2.67. The van der Waals surface area contributed by atoms with E-state index < -0.39 is 5.97 Å². The minimum absolute atomic E-state index is 0.339. The van der Waals surface area contributed by atoms with Crippen LogP contribution >= 0.6 is 0 Å². The lowest BCUT2D eigenvalue weighted by molar-refractivity contribution is 0.0600. The molecule has 0 radical (unpaired) electrons. The van der Waals surface area contributed by atoms with E-state index >= 15 is 0 Å². The topological polar surface area (TPSA) is 26.3 Å². The Balaban J connectivity index is 2.93. The lowest BCUT2D eigenvalue weighted by Gasteiger charge is -2.20. The molecule has 2 aromatic rings. The van der Waals surface area contributed by atoms with Crippen LogP contribution in [0.4, 0.5) is 4.39 Å². The van der Waals surface area contributed by atoms with E-state index in [0.717, 1.165) is 22.3 Å².